The highest BCUT2D eigenvalue weighted by molar-refractivity contribution is 5.98. The van der Waals surface area contributed by atoms with Gasteiger partial charge in [0.05, 0.1) is 6.54 Å². The molecule has 0 saturated carbocycles. The maximum atomic E-state index is 12.8. The van der Waals surface area contributed by atoms with Crippen LogP contribution in [0, 0.1) is 5.92 Å². The van der Waals surface area contributed by atoms with Crippen LogP contribution >= 0.6 is 0 Å². The number of nitrogens with one attached hydrogen (secondary N) is 3. The predicted molar refractivity (Wildman–Crippen MR) is 132 cm³/mol. The Hall–Kier alpha value is -3.35. The average Bonchev–Trinajstić information content (AvgIpc) is 2.77. The summed E-state index contributed by atoms with van der Waals surface area (Å²) < 4.78 is 0. The molecule has 7 nitrogen and oxygen atoms in total. The third-order valence-corrected chi connectivity index (χ3v) is 5.53. The van der Waals surface area contributed by atoms with Crippen LogP contribution in [0.15, 0.2) is 48.5 Å². The first-order valence-electron chi connectivity index (χ1n) is 11.5. The molecule has 1 aliphatic heterocycles. The fourth-order valence-corrected chi connectivity index (χ4v) is 3.69. The van der Waals surface area contributed by atoms with Crippen LogP contribution in [0.5, 0.6) is 0 Å². The van der Waals surface area contributed by atoms with E-state index >= 15 is 0 Å². The minimum Gasteiger partial charge on any atom is -0.376 e. The van der Waals surface area contributed by atoms with E-state index in [1.54, 1.807) is 48.5 Å². The van der Waals surface area contributed by atoms with Gasteiger partial charge in [-0.3, -0.25) is 14.4 Å². The van der Waals surface area contributed by atoms with Gasteiger partial charge in [0.25, 0.3) is 11.8 Å². The summed E-state index contributed by atoms with van der Waals surface area (Å²) in [4.78, 5) is 39.5. The van der Waals surface area contributed by atoms with Crippen molar-refractivity contribution in [2.24, 2.45) is 5.92 Å². The van der Waals surface area contributed by atoms with E-state index in [2.05, 4.69) is 22.9 Å². The van der Waals surface area contributed by atoms with E-state index in [1.807, 2.05) is 25.7 Å². The summed E-state index contributed by atoms with van der Waals surface area (Å²) in [5.41, 5.74) is 2.02. The summed E-state index contributed by atoms with van der Waals surface area (Å²) in [6, 6.07) is 14.1. The molecule has 2 aromatic rings. The molecule has 0 spiro atoms. The van der Waals surface area contributed by atoms with E-state index in [9.17, 15) is 14.4 Å². The standard InChI is InChI=1S/C26H34N4O3/c1-18-11-13-30(14-12-18)25(33)20-8-6-10-22(16-20)28-23(31)17-27-21-9-5-7-19(15-21)24(32)29-26(2,3)4/h5-10,15-16,18,27H,11-14,17H2,1-4H3,(H,28,31)(H,29,32). The minimum absolute atomic E-state index is 0.00136. The summed E-state index contributed by atoms with van der Waals surface area (Å²) in [6.45, 7) is 9.56. The van der Waals surface area contributed by atoms with Crippen LogP contribution in [-0.4, -0.2) is 47.8 Å². The monoisotopic (exact) mass is 450 g/mol. The van der Waals surface area contributed by atoms with E-state index in [1.165, 1.54) is 0 Å². The summed E-state index contributed by atoms with van der Waals surface area (Å²) in [5.74, 6) is 0.249. The maximum absolute atomic E-state index is 12.8. The zero-order valence-electron chi connectivity index (χ0n) is 19.9. The molecule has 1 heterocycles. The molecular weight excluding hydrogens is 416 g/mol. The van der Waals surface area contributed by atoms with Crippen LogP contribution in [0.1, 0.15) is 61.3 Å². The Kier molecular flexibility index (Phi) is 7.74. The summed E-state index contributed by atoms with van der Waals surface area (Å²) in [6.07, 6.45) is 2.04. The fraction of sp³-hybridized carbons (Fsp3) is 0.423. The number of likely N-dealkylation sites (tertiary alicyclic amines) is 1. The number of piperidine rings is 1. The SMILES string of the molecule is CC1CCN(C(=O)c2cccc(NC(=O)CNc3cccc(C(=O)NC(C)(C)C)c3)c2)CC1. The quantitative estimate of drug-likeness (QED) is 0.617. The summed E-state index contributed by atoms with van der Waals surface area (Å²) in [5, 5.41) is 8.81. The molecule has 33 heavy (non-hydrogen) atoms. The van der Waals surface area contributed by atoms with Crippen molar-refractivity contribution in [2.45, 2.75) is 46.1 Å². The lowest BCUT2D eigenvalue weighted by atomic mass is 9.98. The smallest absolute Gasteiger partial charge is 0.253 e. The van der Waals surface area contributed by atoms with E-state index in [0.29, 0.717) is 28.4 Å². The van der Waals surface area contributed by atoms with Gasteiger partial charge in [-0.1, -0.05) is 19.1 Å². The van der Waals surface area contributed by atoms with Crippen LogP contribution in [0.2, 0.25) is 0 Å². The highest BCUT2D eigenvalue weighted by Crippen LogP contribution is 2.20. The maximum Gasteiger partial charge on any atom is 0.253 e. The first kappa shape index (κ1) is 24.3. The molecule has 0 aromatic heterocycles. The topological polar surface area (TPSA) is 90.5 Å². The minimum atomic E-state index is -0.331. The van der Waals surface area contributed by atoms with Crippen molar-refractivity contribution in [3.05, 3.63) is 59.7 Å². The second kappa shape index (κ2) is 10.5. The normalized spacial score (nSPS) is 14.5. The van der Waals surface area contributed by atoms with Gasteiger partial charge in [-0.15, -0.1) is 0 Å². The Bertz CT molecular complexity index is 1000. The van der Waals surface area contributed by atoms with Crippen LogP contribution in [0.3, 0.4) is 0 Å². The average molecular weight is 451 g/mol. The van der Waals surface area contributed by atoms with Gasteiger partial charge in [0.1, 0.15) is 0 Å². The van der Waals surface area contributed by atoms with Gasteiger partial charge in [0, 0.05) is 41.1 Å². The summed E-state index contributed by atoms with van der Waals surface area (Å²) in [7, 11) is 0. The van der Waals surface area contributed by atoms with E-state index in [0.717, 1.165) is 25.9 Å². The van der Waals surface area contributed by atoms with Gasteiger partial charge >= 0.3 is 0 Å². The van der Waals surface area contributed by atoms with E-state index < -0.39 is 0 Å². The zero-order chi connectivity index (χ0) is 24.0. The number of carbonyl (C=O) groups is 3. The van der Waals surface area contributed by atoms with Crippen molar-refractivity contribution in [1.82, 2.24) is 10.2 Å². The Morgan fingerprint density at radius 1 is 0.939 bits per heavy atom. The molecule has 3 N–H and O–H groups in total. The second-order valence-electron chi connectivity index (χ2n) is 9.74. The molecule has 3 rings (SSSR count). The van der Waals surface area contributed by atoms with Crippen molar-refractivity contribution >= 4 is 29.1 Å². The fourth-order valence-electron chi connectivity index (χ4n) is 3.69. The lowest BCUT2D eigenvalue weighted by Crippen LogP contribution is -2.40. The lowest BCUT2D eigenvalue weighted by Gasteiger charge is -2.30. The van der Waals surface area contributed by atoms with Crippen molar-refractivity contribution < 1.29 is 14.4 Å². The van der Waals surface area contributed by atoms with E-state index in [4.69, 9.17) is 0 Å². The first-order valence-corrected chi connectivity index (χ1v) is 11.5. The number of rotatable bonds is 6. The Morgan fingerprint density at radius 2 is 1.55 bits per heavy atom. The zero-order valence-corrected chi connectivity index (χ0v) is 19.9. The molecule has 1 fully saturated rings. The van der Waals surface area contributed by atoms with Crippen molar-refractivity contribution in [3.8, 4) is 0 Å². The molecular formula is C26H34N4O3. The molecule has 0 aliphatic carbocycles. The van der Waals surface area contributed by atoms with E-state index in [-0.39, 0.29) is 29.8 Å². The van der Waals surface area contributed by atoms with Crippen molar-refractivity contribution in [3.63, 3.8) is 0 Å². The largest absolute Gasteiger partial charge is 0.376 e. The van der Waals surface area contributed by atoms with Crippen molar-refractivity contribution in [1.29, 1.82) is 0 Å². The lowest BCUT2D eigenvalue weighted by molar-refractivity contribution is -0.114. The molecule has 1 saturated heterocycles. The second-order valence-corrected chi connectivity index (χ2v) is 9.74. The van der Waals surface area contributed by atoms with Gasteiger partial charge < -0.3 is 20.9 Å². The number of anilines is 2. The van der Waals surface area contributed by atoms with Crippen LogP contribution < -0.4 is 16.0 Å². The molecule has 7 heteroatoms. The number of benzene rings is 2. The number of hydrogen-bond acceptors (Lipinski definition) is 4. The van der Waals surface area contributed by atoms with Crippen LogP contribution in [0.25, 0.3) is 0 Å². The molecule has 3 amide bonds. The molecule has 0 unspecified atom stereocenters. The summed E-state index contributed by atoms with van der Waals surface area (Å²) >= 11 is 0. The third kappa shape index (κ3) is 7.34. The predicted octanol–water partition coefficient (Wildman–Crippen LogP) is 4.14. The molecule has 0 radical (unpaired) electrons. The molecule has 1 aliphatic rings. The van der Waals surface area contributed by atoms with Crippen LogP contribution in [0.4, 0.5) is 11.4 Å². The van der Waals surface area contributed by atoms with Gasteiger partial charge in [-0.25, -0.2) is 0 Å². The van der Waals surface area contributed by atoms with Gasteiger partial charge in [0.2, 0.25) is 5.91 Å². The van der Waals surface area contributed by atoms with Gasteiger partial charge in [-0.05, 0) is 75.9 Å². The highest BCUT2D eigenvalue weighted by Gasteiger charge is 2.21. The Labute approximate surface area is 195 Å². The number of carbonyl (C=O) groups excluding carboxylic acids is 3. The number of nitrogens with zero attached hydrogens (tertiary/aromatic N) is 1. The van der Waals surface area contributed by atoms with Crippen LogP contribution in [-0.2, 0) is 4.79 Å². The molecule has 0 bridgehead atoms. The highest BCUT2D eigenvalue weighted by atomic mass is 16.2. The molecule has 176 valence electrons. The third-order valence-electron chi connectivity index (χ3n) is 5.53. The number of hydrogen-bond donors (Lipinski definition) is 3. The number of amides is 3. The Balaban J connectivity index is 1.55. The van der Waals surface area contributed by atoms with Gasteiger partial charge in [0.15, 0.2) is 0 Å². The molecule has 0 atom stereocenters. The Morgan fingerprint density at radius 3 is 2.21 bits per heavy atom. The molecule has 2 aromatic carbocycles. The van der Waals surface area contributed by atoms with Crippen molar-refractivity contribution in [2.75, 3.05) is 30.3 Å². The van der Waals surface area contributed by atoms with Gasteiger partial charge in [-0.2, -0.15) is 0 Å². The first-order chi connectivity index (χ1) is 15.6.